The first kappa shape index (κ1) is 11.0. The van der Waals surface area contributed by atoms with Gasteiger partial charge in [0.2, 0.25) is 5.90 Å². The van der Waals surface area contributed by atoms with Gasteiger partial charge in [-0.25, -0.2) is 0 Å². The highest BCUT2D eigenvalue weighted by Crippen LogP contribution is 2.04. The van der Waals surface area contributed by atoms with E-state index in [9.17, 15) is 0 Å². The van der Waals surface area contributed by atoms with Crippen LogP contribution in [0, 0.1) is 12.3 Å². The average molecular weight is 186 g/mol. The fraction of sp³-hybridized carbons (Fsp3) is 0.222. The van der Waals surface area contributed by atoms with Crippen molar-refractivity contribution in [3.8, 4) is 0 Å². The van der Waals surface area contributed by atoms with Crippen LogP contribution in [0.1, 0.15) is 11.1 Å². The highest BCUT2D eigenvalue weighted by molar-refractivity contribution is 5.91. The first-order chi connectivity index (χ1) is 5.24. The molecule has 0 fully saturated rings. The molecular formula is C9H12ClNO. The average Bonchev–Trinajstić information content (AvgIpc) is 2.03. The van der Waals surface area contributed by atoms with Crippen LogP contribution in [-0.4, -0.2) is 13.0 Å². The molecule has 0 aromatic heterocycles. The Balaban J connectivity index is 0.00000121. The van der Waals surface area contributed by atoms with Crippen molar-refractivity contribution in [1.82, 2.24) is 0 Å². The number of ether oxygens (including phenoxy) is 1. The van der Waals surface area contributed by atoms with Crippen LogP contribution in [0.3, 0.4) is 0 Å². The Kier molecular flexibility index (Phi) is 4.37. The molecule has 12 heavy (non-hydrogen) atoms. The number of hydrogen-bond donors (Lipinski definition) is 1. The summed E-state index contributed by atoms with van der Waals surface area (Å²) in [6.07, 6.45) is 0. The zero-order valence-electron chi connectivity index (χ0n) is 7.13. The zero-order chi connectivity index (χ0) is 8.27. The number of benzene rings is 1. The lowest BCUT2D eigenvalue weighted by molar-refractivity contribution is 0.401. The summed E-state index contributed by atoms with van der Waals surface area (Å²) in [5, 5.41) is 7.35. The first-order valence-electron chi connectivity index (χ1n) is 3.43. The molecule has 0 aliphatic heterocycles. The molecule has 1 N–H and O–H groups in total. The van der Waals surface area contributed by atoms with Crippen molar-refractivity contribution in [2.24, 2.45) is 0 Å². The molecule has 0 radical (unpaired) electrons. The van der Waals surface area contributed by atoms with Gasteiger partial charge in [0.15, 0.2) is 0 Å². The van der Waals surface area contributed by atoms with E-state index in [0.717, 1.165) is 11.1 Å². The van der Waals surface area contributed by atoms with Crippen molar-refractivity contribution < 1.29 is 4.74 Å². The van der Waals surface area contributed by atoms with Crippen molar-refractivity contribution in [1.29, 1.82) is 5.41 Å². The second-order valence-electron chi connectivity index (χ2n) is 2.40. The third kappa shape index (κ3) is 2.55. The summed E-state index contributed by atoms with van der Waals surface area (Å²) in [6, 6.07) is 7.69. The monoisotopic (exact) mass is 185 g/mol. The van der Waals surface area contributed by atoms with E-state index in [1.54, 1.807) is 0 Å². The Bertz CT molecular complexity index is 273. The molecule has 0 saturated carbocycles. The van der Waals surface area contributed by atoms with Crippen LogP contribution >= 0.6 is 12.4 Å². The molecule has 0 spiro atoms. The molecule has 0 unspecified atom stereocenters. The highest BCUT2D eigenvalue weighted by Gasteiger charge is 1.98. The minimum absolute atomic E-state index is 0. The third-order valence-corrected chi connectivity index (χ3v) is 1.48. The van der Waals surface area contributed by atoms with E-state index >= 15 is 0 Å². The van der Waals surface area contributed by atoms with E-state index in [1.807, 2.05) is 31.2 Å². The Morgan fingerprint density at radius 2 is 2.08 bits per heavy atom. The van der Waals surface area contributed by atoms with E-state index in [0.29, 0.717) is 0 Å². The SMILES string of the molecule is COC(=N)c1cccc(C)c1.Cl. The van der Waals surface area contributed by atoms with Gasteiger partial charge in [-0.1, -0.05) is 17.7 Å². The number of nitrogens with one attached hydrogen (secondary N) is 1. The standard InChI is InChI=1S/C9H11NO.ClH/c1-7-4-3-5-8(6-7)9(10)11-2;/h3-6,10H,1-2H3;1H. The van der Waals surface area contributed by atoms with Gasteiger partial charge in [0, 0.05) is 5.56 Å². The minimum atomic E-state index is 0. The third-order valence-electron chi connectivity index (χ3n) is 1.48. The van der Waals surface area contributed by atoms with Crippen LogP contribution in [-0.2, 0) is 4.74 Å². The predicted molar refractivity (Wildman–Crippen MR) is 52.3 cm³/mol. The summed E-state index contributed by atoms with van der Waals surface area (Å²) in [7, 11) is 1.50. The maximum absolute atomic E-state index is 7.35. The Morgan fingerprint density at radius 3 is 2.58 bits per heavy atom. The number of methoxy groups -OCH3 is 1. The summed E-state index contributed by atoms with van der Waals surface area (Å²) < 4.78 is 4.77. The van der Waals surface area contributed by atoms with Crippen molar-refractivity contribution >= 4 is 18.3 Å². The van der Waals surface area contributed by atoms with E-state index < -0.39 is 0 Å². The predicted octanol–water partition coefficient (Wildman–Crippen LogP) is 2.39. The van der Waals surface area contributed by atoms with Crippen LogP contribution in [0.15, 0.2) is 24.3 Å². The lowest BCUT2D eigenvalue weighted by Gasteiger charge is -2.01. The molecule has 1 rings (SSSR count). The van der Waals surface area contributed by atoms with Gasteiger partial charge in [0.25, 0.3) is 0 Å². The molecule has 66 valence electrons. The molecule has 0 atom stereocenters. The molecule has 0 heterocycles. The van der Waals surface area contributed by atoms with Crippen molar-refractivity contribution in [3.63, 3.8) is 0 Å². The van der Waals surface area contributed by atoms with E-state index in [1.165, 1.54) is 7.11 Å². The van der Waals surface area contributed by atoms with Gasteiger partial charge < -0.3 is 4.74 Å². The maximum atomic E-state index is 7.35. The van der Waals surface area contributed by atoms with E-state index in [4.69, 9.17) is 10.1 Å². The molecule has 0 bridgehead atoms. The van der Waals surface area contributed by atoms with Gasteiger partial charge >= 0.3 is 0 Å². The highest BCUT2D eigenvalue weighted by atomic mass is 35.5. The summed E-state index contributed by atoms with van der Waals surface area (Å²) >= 11 is 0. The molecule has 3 heteroatoms. The van der Waals surface area contributed by atoms with Crippen molar-refractivity contribution in [2.45, 2.75) is 6.92 Å². The van der Waals surface area contributed by atoms with Crippen LogP contribution in [0.5, 0.6) is 0 Å². The van der Waals surface area contributed by atoms with Gasteiger partial charge in [-0.15, -0.1) is 12.4 Å². The van der Waals surface area contributed by atoms with Gasteiger partial charge in [-0.2, -0.15) is 0 Å². The van der Waals surface area contributed by atoms with Crippen LogP contribution in [0.25, 0.3) is 0 Å². The molecule has 0 aliphatic carbocycles. The summed E-state index contributed by atoms with van der Waals surface area (Å²) in [4.78, 5) is 0. The van der Waals surface area contributed by atoms with Gasteiger partial charge in [0.1, 0.15) is 0 Å². The quantitative estimate of drug-likeness (QED) is 0.529. The maximum Gasteiger partial charge on any atom is 0.212 e. The Labute approximate surface area is 78.5 Å². The lowest BCUT2D eigenvalue weighted by Crippen LogP contribution is -2.00. The number of hydrogen-bond acceptors (Lipinski definition) is 2. The summed E-state index contributed by atoms with van der Waals surface area (Å²) in [5.74, 6) is 0.216. The van der Waals surface area contributed by atoms with Gasteiger partial charge in [-0.3, -0.25) is 5.41 Å². The second kappa shape index (κ2) is 4.78. The molecular weight excluding hydrogens is 174 g/mol. The van der Waals surface area contributed by atoms with Gasteiger partial charge in [0.05, 0.1) is 7.11 Å². The van der Waals surface area contributed by atoms with Gasteiger partial charge in [-0.05, 0) is 19.1 Å². The van der Waals surface area contributed by atoms with Crippen molar-refractivity contribution in [2.75, 3.05) is 7.11 Å². The Hall–Kier alpha value is -1.02. The number of halogens is 1. The van der Waals surface area contributed by atoms with E-state index in [-0.39, 0.29) is 18.3 Å². The summed E-state index contributed by atoms with van der Waals surface area (Å²) in [6.45, 7) is 1.99. The Morgan fingerprint density at radius 1 is 1.42 bits per heavy atom. The fourth-order valence-corrected chi connectivity index (χ4v) is 0.904. The summed E-state index contributed by atoms with van der Waals surface area (Å²) in [5.41, 5.74) is 1.97. The van der Waals surface area contributed by atoms with Crippen LogP contribution < -0.4 is 0 Å². The topological polar surface area (TPSA) is 33.1 Å². The first-order valence-corrected chi connectivity index (χ1v) is 3.43. The minimum Gasteiger partial charge on any atom is -0.481 e. The fourth-order valence-electron chi connectivity index (χ4n) is 0.904. The molecule has 0 saturated heterocycles. The molecule has 0 amide bonds. The molecule has 1 aromatic rings. The van der Waals surface area contributed by atoms with E-state index in [2.05, 4.69) is 0 Å². The van der Waals surface area contributed by atoms with Crippen LogP contribution in [0.2, 0.25) is 0 Å². The normalized spacial score (nSPS) is 8.50. The number of aryl methyl sites for hydroxylation is 1. The molecule has 0 aliphatic rings. The molecule has 2 nitrogen and oxygen atoms in total. The number of rotatable bonds is 1. The lowest BCUT2D eigenvalue weighted by atomic mass is 10.1. The largest absolute Gasteiger partial charge is 0.481 e. The van der Waals surface area contributed by atoms with Crippen LogP contribution in [0.4, 0.5) is 0 Å². The smallest absolute Gasteiger partial charge is 0.212 e. The molecule has 1 aromatic carbocycles. The second-order valence-corrected chi connectivity index (χ2v) is 2.40. The van der Waals surface area contributed by atoms with Crippen molar-refractivity contribution in [3.05, 3.63) is 35.4 Å². The zero-order valence-corrected chi connectivity index (χ0v) is 7.94.